The van der Waals surface area contributed by atoms with Crippen LogP contribution in [-0.2, 0) is 4.79 Å². The van der Waals surface area contributed by atoms with Crippen molar-refractivity contribution in [1.82, 2.24) is 10.2 Å². The third-order valence-electron chi connectivity index (χ3n) is 5.51. The number of hydrogen-bond donors (Lipinski definition) is 1. The molecule has 3 N–H and O–H groups in total. The van der Waals surface area contributed by atoms with Gasteiger partial charge in [-0.25, -0.2) is 4.39 Å². The van der Waals surface area contributed by atoms with E-state index in [1.807, 2.05) is 19.1 Å². The van der Waals surface area contributed by atoms with Crippen LogP contribution in [0.5, 0.6) is 0 Å². The standard InChI is InChI=1S/C21H33FN2O.H2O/c1-6-20(25)23-19(15(2)3)13-24-12-11-18(21(4,5)14-24)16-7-9-17(22)10-8-16;/h7-10,15,18-19H,6,11-14H2,1-5H3,(H,23,25);1H2/t18?,19-;/m0./s1. The lowest BCUT2D eigenvalue weighted by atomic mass is 9.70. The van der Waals surface area contributed by atoms with E-state index in [4.69, 9.17) is 0 Å². The van der Waals surface area contributed by atoms with Gasteiger partial charge >= 0.3 is 0 Å². The summed E-state index contributed by atoms with van der Waals surface area (Å²) >= 11 is 0. The van der Waals surface area contributed by atoms with Crippen LogP contribution in [0.1, 0.15) is 58.9 Å². The molecule has 1 heterocycles. The zero-order valence-corrected chi connectivity index (χ0v) is 16.8. The second-order valence-corrected chi connectivity index (χ2v) is 8.39. The molecule has 1 amide bonds. The molecule has 1 fully saturated rings. The van der Waals surface area contributed by atoms with Crippen molar-refractivity contribution in [2.45, 2.75) is 59.4 Å². The van der Waals surface area contributed by atoms with Gasteiger partial charge < -0.3 is 15.7 Å². The van der Waals surface area contributed by atoms with Crippen LogP contribution in [0, 0.1) is 17.2 Å². The third-order valence-corrected chi connectivity index (χ3v) is 5.51. The number of rotatable bonds is 6. The Kier molecular flexibility index (Phi) is 8.22. The van der Waals surface area contributed by atoms with Crippen molar-refractivity contribution in [3.8, 4) is 0 Å². The highest BCUT2D eigenvalue weighted by Gasteiger charge is 2.37. The summed E-state index contributed by atoms with van der Waals surface area (Å²) in [7, 11) is 0. The number of benzene rings is 1. The van der Waals surface area contributed by atoms with Gasteiger partial charge in [0.2, 0.25) is 5.91 Å². The third kappa shape index (κ3) is 5.78. The van der Waals surface area contributed by atoms with Crippen LogP contribution in [0.25, 0.3) is 0 Å². The number of nitrogens with zero attached hydrogens (tertiary/aromatic N) is 1. The lowest BCUT2D eigenvalue weighted by molar-refractivity contribution is -0.122. The van der Waals surface area contributed by atoms with E-state index in [2.05, 4.69) is 37.9 Å². The highest BCUT2D eigenvalue weighted by atomic mass is 19.1. The lowest BCUT2D eigenvalue weighted by Crippen LogP contribution is -2.52. The summed E-state index contributed by atoms with van der Waals surface area (Å²) in [6, 6.07) is 7.16. The van der Waals surface area contributed by atoms with Gasteiger partial charge in [0.1, 0.15) is 5.82 Å². The molecule has 1 aliphatic rings. The predicted octanol–water partition coefficient (Wildman–Crippen LogP) is 3.37. The van der Waals surface area contributed by atoms with Gasteiger partial charge in [-0.2, -0.15) is 0 Å². The van der Waals surface area contributed by atoms with Crippen LogP contribution in [0.4, 0.5) is 4.39 Å². The van der Waals surface area contributed by atoms with Crippen molar-refractivity contribution >= 4 is 5.91 Å². The van der Waals surface area contributed by atoms with E-state index >= 15 is 0 Å². The first-order chi connectivity index (χ1) is 11.7. The number of halogens is 1. The fourth-order valence-electron chi connectivity index (χ4n) is 3.95. The molecule has 2 atom stereocenters. The van der Waals surface area contributed by atoms with Crippen molar-refractivity contribution in [3.05, 3.63) is 35.6 Å². The van der Waals surface area contributed by atoms with Gasteiger partial charge in [-0.05, 0) is 47.9 Å². The molecule has 1 aliphatic heterocycles. The number of nitrogens with one attached hydrogen (secondary N) is 1. The van der Waals surface area contributed by atoms with E-state index in [1.165, 1.54) is 5.56 Å². The lowest BCUT2D eigenvalue weighted by Gasteiger charge is -2.46. The molecule has 2 rings (SSSR count). The molecule has 0 radical (unpaired) electrons. The Bertz CT molecular complexity index is 572. The molecular formula is C21H35FN2O2. The number of piperidine rings is 1. The molecule has 5 heteroatoms. The van der Waals surface area contributed by atoms with Gasteiger partial charge in [0.15, 0.2) is 0 Å². The first-order valence-electron chi connectivity index (χ1n) is 9.50. The minimum absolute atomic E-state index is 0. The molecule has 0 aliphatic carbocycles. The van der Waals surface area contributed by atoms with E-state index in [1.54, 1.807) is 12.1 Å². The molecule has 0 aromatic heterocycles. The maximum atomic E-state index is 13.2. The molecule has 1 saturated heterocycles. The highest BCUT2D eigenvalue weighted by molar-refractivity contribution is 5.75. The average molecular weight is 367 g/mol. The Morgan fingerprint density at radius 2 is 1.92 bits per heavy atom. The van der Waals surface area contributed by atoms with E-state index in [0.29, 0.717) is 18.3 Å². The van der Waals surface area contributed by atoms with Gasteiger partial charge in [0, 0.05) is 25.6 Å². The van der Waals surface area contributed by atoms with Gasteiger partial charge in [-0.1, -0.05) is 46.8 Å². The fraction of sp³-hybridized carbons (Fsp3) is 0.667. The summed E-state index contributed by atoms with van der Waals surface area (Å²) in [6.07, 6.45) is 1.59. The quantitative estimate of drug-likeness (QED) is 0.839. The Balaban J connectivity index is 0.00000338. The van der Waals surface area contributed by atoms with Crippen molar-refractivity contribution in [2.75, 3.05) is 19.6 Å². The summed E-state index contributed by atoms with van der Waals surface area (Å²) in [5.74, 6) is 0.796. The fourth-order valence-corrected chi connectivity index (χ4v) is 3.95. The molecule has 26 heavy (non-hydrogen) atoms. The van der Waals surface area contributed by atoms with Gasteiger partial charge in [0.05, 0.1) is 0 Å². The molecule has 1 aromatic rings. The number of amides is 1. The second kappa shape index (κ2) is 9.47. The highest BCUT2D eigenvalue weighted by Crippen LogP contribution is 2.42. The van der Waals surface area contributed by atoms with Crippen molar-refractivity contribution in [2.24, 2.45) is 11.3 Å². The van der Waals surface area contributed by atoms with E-state index < -0.39 is 0 Å². The predicted molar refractivity (Wildman–Crippen MR) is 105 cm³/mol. The molecule has 1 unspecified atom stereocenters. The van der Waals surface area contributed by atoms with Crippen LogP contribution in [-0.4, -0.2) is 42.0 Å². The molecule has 4 nitrogen and oxygen atoms in total. The number of carbonyl (C=O) groups is 1. The normalized spacial score (nSPS) is 21.1. The Morgan fingerprint density at radius 1 is 1.31 bits per heavy atom. The SMILES string of the molecule is CCC(=O)N[C@@H](CN1CCC(c2ccc(F)cc2)C(C)(C)C1)C(C)C.O. The monoisotopic (exact) mass is 366 g/mol. The summed E-state index contributed by atoms with van der Waals surface area (Å²) in [5, 5.41) is 3.17. The van der Waals surface area contributed by atoms with Crippen LogP contribution in [0.15, 0.2) is 24.3 Å². The average Bonchev–Trinajstić information content (AvgIpc) is 2.54. The van der Waals surface area contributed by atoms with E-state index in [9.17, 15) is 9.18 Å². The molecule has 0 saturated carbocycles. The minimum Gasteiger partial charge on any atom is -0.412 e. The summed E-state index contributed by atoms with van der Waals surface area (Å²) in [6.45, 7) is 13.7. The van der Waals surface area contributed by atoms with Crippen LogP contribution in [0.3, 0.4) is 0 Å². The van der Waals surface area contributed by atoms with E-state index in [0.717, 1.165) is 26.1 Å². The Labute approximate surface area is 157 Å². The molecule has 1 aromatic carbocycles. The molecular weight excluding hydrogens is 331 g/mol. The number of hydrogen-bond acceptors (Lipinski definition) is 2. The zero-order chi connectivity index (χ0) is 18.6. The van der Waals surface area contributed by atoms with Crippen LogP contribution >= 0.6 is 0 Å². The first kappa shape index (κ1) is 22.6. The van der Waals surface area contributed by atoms with Crippen molar-refractivity contribution in [1.29, 1.82) is 0 Å². The molecule has 0 spiro atoms. The van der Waals surface area contributed by atoms with Crippen LogP contribution in [0.2, 0.25) is 0 Å². The van der Waals surface area contributed by atoms with Crippen LogP contribution < -0.4 is 5.32 Å². The summed E-state index contributed by atoms with van der Waals surface area (Å²) < 4.78 is 13.2. The first-order valence-corrected chi connectivity index (χ1v) is 9.50. The maximum Gasteiger partial charge on any atom is 0.219 e. The summed E-state index contributed by atoms with van der Waals surface area (Å²) in [4.78, 5) is 14.3. The van der Waals surface area contributed by atoms with Crippen molar-refractivity contribution in [3.63, 3.8) is 0 Å². The largest absolute Gasteiger partial charge is 0.412 e. The minimum atomic E-state index is -0.176. The smallest absolute Gasteiger partial charge is 0.219 e. The Hall–Kier alpha value is -1.46. The van der Waals surface area contributed by atoms with Gasteiger partial charge in [-0.15, -0.1) is 0 Å². The zero-order valence-electron chi connectivity index (χ0n) is 16.8. The van der Waals surface area contributed by atoms with Crippen molar-refractivity contribution < 1.29 is 14.7 Å². The topological polar surface area (TPSA) is 63.8 Å². The maximum absolute atomic E-state index is 13.2. The van der Waals surface area contributed by atoms with Gasteiger partial charge in [0.25, 0.3) is 0 Å². The Morgan fingerprint density at radius 3 is 2.42 bits per heavy atom. The molecule has 148 valence electrons. The summed E-state index contributed by atoms with van der Waals surface area (Å²) in [5.41, 5.74) is 1.34. The second-order valence-electron chi connectivity index (χ2n) is 8.39. The number of carbonyl (C=O) groups excluding carboxylic acids is 1. The number of likely N-dealkylation sites (tertiary alicyclic amines) is 1. The van der Waals surface area contributed by atoms with E-state index in [-0.39, 0.29) is 28.7 Å². The molecule has 0 bridgehead atoms. The van der Waals surface area contributed by atoms with Gasteiger partial charge in [-0.3, -0.25) is 4.79 Å².